The van der Waals surface area contributed by atoms with E-state index >= 15 is 0 Å². The van der Waals surface area contributed by atoms with Crippen LogP contribution < -0.4 is 11.1 Å². The van der Waals surface area contributed by atoms with E-state index in [4.69, 9.17) is 11.6 Å². The quantitative estimate of drug-likeness (QED) is 0.497. The average molecular weight is 436 g/mol. The van der Waals surface area contributed by atoms with Crippen molar-refractivity contribution in [1.29, 1.82) is 0 Å². The summed E-state index contributed by atoms with van der Waals surface area (Å²) in [6.45, 7) is 2.92. The maximum Gasteiger partial charge on any atom is 0.252 e. The molecule has 0 saturated heterocycles. The number of carbonyl (C=O) groups excluding carboxylic acids is 1. The molecule has 1 saturated carbocycles. The molecule has 1 fully saturated rings. The highest BCUT2D eigenvalue weighted by Crippen LogP contribution is 2.28. The van der Waals surface area contributed by atoms with E-state index in [2.05, 4.69) is 16.1 Å². The highest BCUT2D eigenvalue weighted by atomic mass is 35.5. The fourth-order valence-corrected chi connectivity index (χ4v) is 4.09. The molecule has 0 bridgehead atoms. The Hall–Kier alpha value is -1.93. The van der Waals surface area contributed by atoms with Gasteiger partial charge in [0.1, 0.15) is 12.6 Å². The first-order valence-corrected chi connectivity index (χ1v) is 11.0. The number of aromatic nitrogens is 2. The summed E-state index contributed by atoms with van der Waals surface area (Å²) in [5.41, 5.74) is 5.61. The lowest BCUT2D eigenvalue weighted by Crippen LogP contribution is -2.56. The van der Waals surface area contributed by atoms with Gasteiger partial charge in [0.25, 0.3) is 5.91 Å². The summed E-state index contributed by atoms with van der Waals surface area (Å²) < 4.78 is 1.74. The SMILES string of the molecule is Cc1cc(-c2ccc(Cl)c(C(=O)NCC3(O)CCCCCC3)c2)nn1C[C@@H](O)C[NH3+]. The van der Waals surface area contributed by atoms with Gasteiger partial charge in [-0.2, -0.15) is 5.10 Å². The second-order valence-corrected chi connectivity index (χ2v) is 8.72. The number of carbonyl (C=O) groups is 1. The molecule has 164 valence electrons. The molecule has 7 nitrogen and oxygen atoms in total. The summed E-state index contributed by atoms with van der Waals surface area (Å²) in [6.07, 6.45) is 5.07. The van der Waals surface area contributed by atoms with Gasteiger partial charge >= 0.3 is 0 Å². The number of hydrogen-bond donors (Lipinski definition) is 4. The van der Waals surface area contributed by atoms with Crippen molar-refractivity contribution >= 4 is 17.5 Å². The van der Waals surface area contributed by atoms with Crippen LogP contribution in [0.3, 0.4) is 0 Å². The summed E-state index contributed by atoms with van der Waals surface area (Å²) in [5.74, 6) is -0.303. The number of amides is 1. The van der Waals surface area contributed by atoms with Gasteiger partial charge in [-0.3, -0.25) is 9.48 Å². The fraction of sp³-hybridized carbons (Fsp3) is 0.545. The van der Waals surface area contributed by atoms with Gasteiger partial charge in [-0.25, -0.2) is 0 Å². The van der Waals surface area contributed by atoms with Crippen molar-refractivity contribution in [2.75, 3.05) is 13.1 Å². The van der Waals surface area contributed by atoms with Gasteiger partial charge in [0.05, 0.1) is 28.4 Å². The topological polar surface area (TPSA) is 115 Å². The smallest absolute Gasteiger partial charge is 0.252 e. The largest absolute Gasteiger partial charge is 0.388 e. The van der Waals surface area contributed by atoms with Crippen molar-refractivity contribution < 1.29 is 20.7 Å². The molecule has 1 aliphatic carbocycles. The van der Waals surface area contributed by atoms with Gasteiger partial charge in [-0.05, 0) is 38.0 Å². The minimum Gasteiger partial charge on any atom is -0.388 e. The summed E-state index contributed by atoms with van der Waals surface area (Å²) >= 11 is 6.30. The van der Waals surface area contributed by atoms with Crippen molar-refractivity contribution in [3.05, 3.63) is 40.5 Å². The van der Waals surface area contributed by atoms with Crippen LogP contribution in [0.15, 0.2) is 24.3 Å². The van der Waals surface area contributed by atoms with E-state index in [1.807, 2.05) is 19.1 Å². The van der Waals surface area contributed by atoms with Crippen LogP contribution in [0, 0.1) is 6.92 Å². The first-order valence-electron chi connectivity index (χ1n) is 10.6. The molecule has 0 unspecified atom stereocenters. The number of hydrogen-bond acceptors (Lipinski definition) is 4. The second-order valence-electron chi connectivity index (χ2n) is 8.31. The molecule has 0 spiro atoms. The van der Waals surface area contributed by atoms with Crippen molar-refractivity contribution in [2.45, 2.75) is 63.7 Å². The van der Waals surface area contributed by atoms with E-state index in [0.29, 0.717) is 42.2 Å². The highest BCUT2D eigenvalue weighted by molar-refractivity contribution is 6.34. The van der Waals surface area contributed by atoms with Crippen LogP contribution in [0.2, 0.25) is 5.02 Å². The Kier molecular flexibility index (Phi) is 7.52. The van der Waals surface area contributed by atoms with Crippen LogP contribution >= 0.6 is 11.6 Å². The Labute approximate surface area is 182 Å². The number of benzene rings is 1. The maximum atomic E-state index is 12.8. The molecule has 1 amide bonds. The number of aliphatic hydroxyl groups excluding tert-OH is 1. The number of halogens is 1. The second kappa shape index (κ2) is 9.92. The summed E-state index contributed by atoms with van der Waals surface area (Å²) in [6, 6.07) is 7.14. The van der Waals surface area contributed by atoms with Gasteiger partial charge in [0, 0.05) is 17.8 Å². The fourth-order valence-electron chi connectivity index (χ4n) is 3.89. The minimum absolute atomic E-state index is 0.225. The molecule has 3 rings (SSSR count). The minimum atomic E-state index is -0.846. The van der Waals surface area contributed by atoms with Crippen LogP contribution in [-0.2, 0) is 6.54 Å². The molecule has 1 aromatic heterocycles. The normalized spacial score (nSPS) is 17.4. The van der Waals surface area contributed by atoms with Crippen molar-refractivity contribution in [3.8, 4) is 11.3 Å². The number of nitrogens with zero attached hydrogens (tertiary/aromatic N) is 2. The third kappa shape index (κ3) is 5.60. The number of aryl methyl sites for hydroxylation is 1. The van der Waals surface area contributed by atoms with Gasteiger partial charge in [-0.15, -0.1) is 0 Å². The summed E-state index contributed by atoms with van der Waals surface area (Å²) in [4.78, 5) is 12.8. The molecule has 1 aromatic carbocycles. The Morgan fingerprint density at radius 2 is 2.00 bits per heavy atom. The van der Waals surface area contributed by atoms with Crippen LogP contribution in [-0.4, -0.2) is 50.7 Å². The van der Waals surface area contributed by atoms with Crippen LogP contribution in [0.1, 0.15) is 54.6 Å². The molecular formula is C22H32ClN4O3+. The van der Waals surface area contributed by atoms with Gasteiger partial charge < -0.3 is 21.3 Å². The summed E-state index contributed by atoms with van der Waals surface area (Å²) in [5, 5.41) is 28.4. The predicted molar refractivity (Wildman–Crippen MR) is 116 cm³/mol. The Bertz CT molecular complexity index is 875. The van der Waals surface area contributed by atoms with Gasteiger partial charge in [0.2, 0.25) is 0 Å². The third-order valence-corrected chi connectivity index (χ3v) is 6.15. The first kappa shape index (κ1) is 22.7. The lowest BCUT2D eigenvalue weighted by Gasteiger charge is -2.26. The zero-order chi connectivity index (χ0) is 21.7. The third-order valence-electron chi connectivity index (χ3n) is 5.82. The molecule has 6 N–H and O–H groups in total. The van der Waals surface area contributed by atoms with E-state index in [1.165, 1.54) is 0 Å². The molecule has 2 aromatic rings. The molecule has 0 aliphatic heterocycles. The zero-order valence-corrected chi connectivity index (χ0v) is 18.3. The van der Waals surface area contributed by atoms with E-state index < -0.39 is 11.7 Å². The Morgan fingerprint density at radius 1 is 1.30 bits per heavy atom. The standard InChI is InChI=1S/C22H31ClN4O3/c1-15-10-20(26-27(15)13-17(28)12-24)16-6-7-19(23)18(11-16)21(29)25-14-22(30)8-4-2-3-5-9-22/h6-7,10-11,17,28,30H,2-5,8-9,12-14,24H2,1H3,(H,25,29)/p+1/t17-/m0/s1. The maximum absolute atomic E-state index is 12.8. The van der Waals surface area contributed by atoms with E-state index in [0.717, 1.165) is 36.9 Å². The number of quaternary nitrogens is 1. The number of aliphatic hydroxyl groups is 2. The molecular weight excluding hydrogens is 404 g/mol. The van der Waals surface area contributed by atoms with Crippen molar-refractivity contribution in [3.63, 3.8) is 0 Å². The monoisotopic (exact) mass is 435 g/mol. The van der Waals surface area contributed by atoms with Crippen molar-refractivity contribution in [2.24, 2.45) is 0 Å². The average Bonchev–Trinajstić information content (AvgIpc) is 2.94. The molecule has 1 aliphatic rings. The number of rotatable bonds is 7. The van der Waals surface area contributed by atoms with Gasteiger partial charge in [-0.1, -0.05) is 43.4 Å². The molecule has 30 heavy (non-hydrogen) atoms. The molecule has 1 heterocycles. The molecule has 8 heteroatoms. The number of nitrogens with one attached hydrogen (secondary N) is 1. The van der Waals surface area contributed by atoms with Crippen molar-refractivity contribution in [1.82, 2.24) is 15.1 Å². The first-order chi connectivity index (χ1) is 14.3. The molecule has 0 radical (unpaired) electrons. The Balaban J connectivity index is 1.75. The van der Waals surface area contributed by atoms with Crippen LogP contribution in [0.25, 0.3) is 11.3 Å². The zero-order valence-electron chi connectivity index (χ0n) is 17.5. The molecule has 1 atom stereocenters. The predicted octanol–water partition coefficient (Wildman–Crippen LogP) is 1.93. The van der Waals surface area contributed by atoms with E-state index in [9.17, 15) is 15.0 Å². The highest BCUT2D eigenvalue weighted by Gasteiger charge is 2.28. The summed E-state index contributed by atoms with van der Waals surface area (Å²) in [7, 11) is 0. The lowest BCUT2D eigenvalue weighted by molar-refractivity contribution is -0.384. The van der Waals surface area contributed by atoms with Gasteiger partial charge in [0.15, 0.2) is 0 Å². The van der Waals surface area contributed by atoms with Crippen LogP contribution in [0.5, 0.6) is 0 Å². The Morgan fingerprint density at radius 3 is 2.67 bits per heavy atom. The van der Waals surface area contributed by atoms with Crippen LogP contribution in [0.4, 0.5) is 0 Å². The van der Waals surface area contributed by atoms with E-state index in [-0.39, 0.29) is 12.5 Å². The lowest BCUT2D eigenvalue weighted by atomic mass is 9.94. The van der Waals surface area contributed by atoms with E-state index in [1.54, 1.807) is 16.8 Å².